The van der Waals surface area contributed by atoms with Gasteiger partial charge in [0, 0.05) is 30.4 Å². The molecule has 0 aliphatic heterocycles. The van der Waals surface area contributed by atoms with Crippen LogP contribution >= 0.6 is 0 Å². The van der Waals surface area contributed by atoms with Crippen molar-refractivity contribution < 1.29 is 9.53 Å². The molecular formula is C22H24N4O2. The topological polar surface area (TPSA) is 69.0 Å². The number of aryl methyl sites for hydroxylation is 1. The van der Waals surface area contributed by atoms with Gasteiger partial charge in [-0.25, -0.2) is 9.97 Å². The minimum atomic E-state index is -0.150. The number of rotatable bonds is 4. The zero-order chi connectivity index (χ0) is 19.4. The van der Waals surface area contributed by atoms with Gasteiger partial charge in [-0.2, -0.15) is 0 Å². The number of fused-ring (bicyclic) bond motifs is 3. The van der Waals surface area contributed by atoms with Crippen molar-refractivity contribution in [2.75, 3.05) is 7.11 Å². The summed E-state index contributed by atoms with van der Waals surface area (Å²) in [7, 11) is 1.79. The summed E-state index contributed by atoms with van der Waals surface area (Å²) in [6, 6.07) is 9.67. The second-order valence-corrected chi connectivity index (χ2v) is 8.19. The van der Waals surface area contributed by atoms with Gasteiger partial charge in [0.25, 0.3) is 5.91 Å². The van der Waals surface area contributed by atoms with Gasteiger partial charge in [0.15, 0.2) is 0 Å². The zero-order valence-corrected chi connectivity index (χ0v) is 16.2. The Bertz CT molecular complexity index is 1060. The van der Waals surface area contributed by atoms with Gasteiger partial charge in [0.1, 0.15) is 11.6 Å². The Labute approximate surface area is 163 Å². The summed E-state index contributed by atoms with van der Waals surface area (Å²) in [4.78, 5) is 22.4. The fourth-order valence-corrected chi connectivity index (χ4v) is 5.00. The molecule has 2 heterocycles. The highest BCUT2D eigenvalue weighted by Crippen LogP contribution is 2.52. The van der Waals surface area contributed by atoms with Gasteiger partial charge in [-0.1, -0.05) is 18.2 Å². The first-order valence-electron chi connectivity index (χ1n) is 9.81. The summed E-state index contributed by atoms with van der Waals surface area (Å²) in [6.07, 6.45) is 8.49. The molecule has 2 bridgehead atoms. The summed E-state index contributed by atoms with van der Waals surface area (Å²) in [6.45, 7) is 1.93. The van der Waals surface area contributed by atoms with E-state index in [1.54, 1.807) is 13.3 Å². The maximum atomic E-state index is 13.4. The molecule has 0 unspecified atom stereocenters. The number of nitrogens with one attached hydrogen (secondary N) is 1. The molecule has 28 heavy (non-hydrogen) atoms. The predicted molar refractivity (Wildman–Crippen MR) is 107 cm³/mol. The lowest BCUT2D eigenvalue weighted by atomic mass is 9.92. The van der Waals surface area contributed by atoms with Gasteiger partial charge in [-0.15, -0.1) is 0 Å². The summed E-state index contributed by atoms with van der Waals surface area (Å²) in [5.74, 6) is 1.51. The van der Waals surface area contributed by atoms with Crippen molar-refractivity contribution in [1.29, 1.82) is 0 Å². The Morgan fingerprint density at radius 3 is 2.68 bits per heavy atom. The van der Waals surface area contributed by atoms with Crippen LogP contribution in [0.3, 0.4) is 0 Å². The Kier molecular flexibility index (Phi) is 3.81. The minimum Gasteiger partial charge on any atom is -0.378 e. The van der Waals surface area contributed by atoms with E-state index in [1.165, 1.54) is 0 Å². The van der Waals surface area contributed by atoms with Gasteiger partial charge in [-0.05, 0) is 51.2 Å². The molecule has 2 saturated carbocycles. The Hall–Kier alpha value is -2.73. The molecule has 0 atom stereocenters. The van der Waals surface area contributed by atoms with Crippen LogP contribution in [0.5, 0.6) is 0 Å². The molecule has 1 N–H and O–H groups in total. The molecule has 2 fully saturated rings. The molecular weight excluding hydrogens is 352 g/mol. The molecule has 6 heteroatoms. The summed E-state index contributed by atoms with van der Waals surface area (Å²) >= 11 is 0. The Balaban J connectivity index is 1.55. The lowest BCUT2D eigenvalue weighted by Crippen LogP contribution is -2.45. The lowest BCUT2D eigenvalue weighted by Gasteiger charge is -2.28. The molecule has 2 aliphatic rings. The maximum absolute atomic E-state index is 13.4. The number of benzene rings is 1. The van der Waals surface area contributed by atoms with Crippen LogP contribution in [-0.4, -0.2) is 38.7 Å². The van der Waals surface area contributed by atoms with Crippen molar-refractivity contribution in [2.45, 2.75) is 50.2 Å². The molecule has 2 aromatic heterocycles. The van der Waals surface area contributed by atoms with Crippen molar-refractivity contribution >= 4 is 16.8 Å². The van der Waals surface area contributed by atoms with Crippen LogP contribution in [-0.2, 0) is 4.74 Å². The number of carbonyl (C=O) groups excluding carboxylic acids is 1. The number of hydrogen-bond donors (Lipinski definition) is 1. The third-order valence-electron chi connectivity index (χ3n) is 6.61. The summed E-state index contributed by atoms with van der Waals surface area (Å²) in [5, 5.41) is 4.23. The third-order valence-corrected chi connectivity index (χ3v) is 6.61. The Morgan fingerprint density at radius 2 is 2.00 bits per heavy atom. The fourth-order valence-electron chi connectivity index (χ4n) is 5.00. The number of hydrogen-bond acceptors (Lipinski definition) is 4. The van der Waals surface area contributed by atoms with E-state index in [2.05, 4.69) is 10.3 Å². The fraction of sp³-hybridized carbons (Fsp3) is 0.409. The number of imidazole rings is 1. The number of ether oxygens (including phenoxy) is 1. The minimum absolute atomic E-state index is 0.0357. The number of nitrogens with zero attached hydrogens (tertiary/aromatic N) is 3. The largest absolute Gasteiger partial charge is 0.378 e. The van der Waals surface area contributed by atoms with Crippen LogP contribution in [0.4, 0.5) is 0 Å². The molecule has 0 radical (unpaired) electrons. The quantitative estimate of drug-likeness (QED) is 0.756. The van der Waals surface area contributed by atoms with Crippen molar-refractivity contribution in [2.24, 2.45) is 0 Å². The van der Waals surface area contributed by atoms with E-state index in [9.17, 15) is 4.79 Å². The predicted octanol–water partition coefficient (Wildman–Crippen LogP) is 3.56. The van der Waals surface area contributed by atoms with E-state index in [1.807, 2.05) is 48.0 Å². The highest BCUT2D eigenvalue weighted by atomic mass is 16.5. The van der Waals surface area contributed by atoms with Crippen LogP contribution in [0, 0.1) is 6.92 Å². The van der Waals surface area contributed by atoms with E-state index < -0.39 is 0 Å². The van der Waals surface area contributed by atoms with E-state index in [0.717, 1.165) is 48.8 Å². The number of para-hydroxylation sites is 1. The SMILES string of the molecule is COC12CCC(NC(=O)c3cc(-n4ccnc4C)nc4ccccc34)(CC1)C2. The summed E-state index contributed by atoms with van der Waals surface area (Å²) in [5.41, 5.74) is 1.26. The molecule has 5 rings (SSSR count). The van der Waals surface area contributed by atoms with Crippen LogP contribution in [0.2, 0.25) is 0 Å². The highest BCUT2D eigenvalue weighted by Gasteiger charge is 2.55. The van der Waals surface area contributed by atoms with E-state index in [-0.39, 0.29) is 17.0 Å². The lowest BCUT2D eigenvalue weighted by molar-refractivity contribution is -0.000309. The molecule has 6 nitrogen and oxygen atoms in total. The van der Waals surface area contributed by atoms with Crippen molar-refractivity contribution in [3.63, 3.8) is 0 Å². The average molecular weight is 376 g/mol. The van der Waals surface area contributed by atoms with Gasteiger partial charge in [0.2, 0.25) is 0 Å². The summed E-state index contributed by atoms with van der Waals surface area (Å²) < 4.78 is 7.69. The van der Waals surface area contributed by atoms with Crippen molar-refractivity contribution in [1.82, 2.24) is 19.9 Å². The van der Waals surface area contributed by atoms with Gasteiger partial charge in [0.05, 0.1) is 16.7 Å². The first-order chi connectivity index (χ1) is 13.5. The van der Waals surface area contributed by atoms with E-state index in [0.29, 0.717) is 11.4 Å². The van der Waals surface area contributed by atoms with Gasteiger partial charge < -0.3 is 10.1 Å². The standard InChI is InChI=1S/C22H24N4O2/c1-15-23-11-12-26(15)19-13-17(16-5-3-4-6-18(16)24-19)20(27)25-21-7-9-22(14-21,28-2)10-8-21/h3-6,11-13H,7-10,14H2,1-2H3,(H,25,27). The number of carbonyl (C=O) groups is 1. The highest BCUT2D eigenvalue weighted by molar-refractivity contribution is 6.07. The number of methoxy groups -OCH3 is 1. The molecule has 144 valence electrons. The number of amides is 1. The zero-order valence-electron chi connectivity index (χ0n) is 16.2. The molecule has 3 aromatic rings. The van der Waals surface area contributed by atoms with Crippen molar-refractivity contribution in [3.05, 3.63) is 54.1 Å². The van der Waals surface area contributed by atoms with Crippen LogP contribution < -0.4 is 5.32 Å². The van der Waals surface area contributed by atoms with Crippen LogP contribution in [0.1, 0.15) is 48.3 Å². The Morgan fingerprint density at radius 1 is 1.21 bits per heavy atom. The van der Waals surface area contributed by atoms with Crippen molar-refractivity contribution in [3.8, 4) is 5.82 Å². The average Bonchev–Trinajstić information content (AvgIpc) is 3.40. The van der Waals surface area contributed by atoms with E-state index >= 15 is 0 Å². The van der Waals surface area contributed by atoms with Gasteiger partial charge in [-0.3, -0.25) is 9.36 Å². The molecule has 0 saturated heterocycles. The smallest absolute Gasteiger partial charge is 0.252 e. The second-order valence-electron chi connectivity index (χ2n) is 8.19. The first kappa shape index (κ1) is 17.4. The molecule has 1 aromatic carbocycles. The molecule has 2 aliphatic carbocycles. The molecule has 0 spiro atoms. The maximum Gasteiger partial charge on any atom is 0.252 e. The normalized spacial score (nSPS) is 26.1. The number of pyridine rings is 1. The second kappa shape index (κ2) is 6.14. The monoisotopic (exact) mass is 376 g/mol. The first-order valence-corrected chi connectivity index (χ1v) is 9.81. The van der Waals surface area contributed by atoms with Gasteiger partial charge >= 0.3 is 0 Å². The van der Waals surface area contributed by atoms with E-state index in [4.69, 9.17) is 9.72 Å². The molecule has 1 amide bonds. The van der Waals surface area contributed by atoms with Crippen LogP contribution in [0.25, 0.3) is 16.7 Å². The van der Waals surface area contributed by atoms with Crippen LogP contribution in [0.15, 0.2) is 42.7 Å². The third kappa shape index (κ3) is 2.63. The number of aromatic nitrogens is 3.